The van der Waals surface area contributed by atoms with Crippen molar-refractivity contribution in [1.82, 2.24) is 0 Å². The second-order valence-electron chi connectivity index (χ2n) is 5.57. The minimum Gasteiger partial charge on any atom is -0.433 e. The van der Waals surface area contributed by atoms with Crippen LogP contribution in [0.2, 0.25) is 0 Å². The van der Waals surface area contributed by atoms with Crippen molar-refractivity contribution in [3.05, 3.63) is 78.9 Å². The highest BCUT2D eigenvalue weighted by atomic mass is 16.7. The zero-order valence-corrected chi connectivity index (χ0v) is 14.2. The van der Waals surface area contributed by atoms with Gasteiger partial charge in [-0.3, -0.25) is 0 Å². The van der Waals surface area contributed by atoms with Crippen LogP contribution in [-0.4, -0.2) is 12.8 Å². The fraction of sp³-hybridized carbons (Fsp3) is 0.0870. The molecule has 3 aromatic rings. The van der Waals surface area contributed by atoms with Gasteiger partial charge in [0.15, 0.2) is 0 Å². The number of para-hydroxylation sites is 1. The SMILES string of the molecule is C#CCCOC(=O)Oc1c(-c2ccccc2)cccc1-c1ccccc1. The Labute approximate surface area is 153 Å². The molecule has 0 atom stereocenters. The third-order valence-electron chi connectivity index (χ3n) is 3.84. The van der Waals surface area contributed by atoms with E-state index in [1.807, 2.05) is 78.9 Å². The van der Waals surface area contributed by atoms with E-state index in [1.54, 1.807) is 0 Å². The molecule has 3 rings (SSSR count). The van der Waals surface area contributed by atoms with Gasteiger partial charge in [0.05, 0.1) is 0 Å². The second kappa shape index (κ2) is 8.55. The molecular formula is C23H18O3. The van der Waals surface area contributed by atoms with Crippen molar-refractivity contribution in [1.29, 1.82) is 0 Å². The van der Waals surface area contributed by atoms with Crippen LogP contribution in [0.15, 0.2) is 78.9 Å². The van der Waals surface area contributed by atoms with Gasteiger partial charge >= 0.3 is 6.16 Å². The van der Waals surface area contributed by atoms with Crippen molar-refractivity contribution >= 4 is 6.16 Å². The van der Waals surface area contributed by atoms with Crippen LogP contribution in [0.4, 0.5) is 4.79 Å². The summed E-state index contributed by atoms with van der Waals surface area (Å²) < 4.78 is 10.7. The van der Waals surface area contributed by atoms with Crippen molar-refractivity contribution in [3.63, 3.8) is 0 Å². The summed E-state index contributed by atoms with van der Waals surface area (Å²) in [5.41, 5.74) is 3.55. The number of ether oxygens (including phenoxy) is 2. The standard InChI is InChI=1S/C23H18O3/c1-2-3-17-25-23(24)26-22-20(18-11-6-4-7-12-18)15-10-16-21(22)19-13-8-5-9-14-19/h1,4-16H,3,17H2. The van der Waals surface area contributed by atoms with Gasteiger partial charge in [-0.15, -0.1) is 12.3 Å². The van der Waals surface area contributed by atoms with Crippen molar-refractivity contribution in [2.45, 2.75) is 6.42 Å². The van der Waals surface area contributed by atoms with Gasteiger partial charge in [0.1, 0.15) is 12.4 Å². The van der Waals surface area contributed by atoms with E-state index in [4.69, 9.17) is 15.9 Å². The maximum atomic E-state index is 12.1. The van der Waals surface area contributed by atoms with Crippen LogP contribution in [0.3, 0.4) is 0 Å². The number of carbonyl (C=O) groups excluding carboxylic acids is 1. The molecule has 128 valence electrons. The summed E-state index contributed by atoms with van der Waals surface area (Å²) in [6.07, 6.45) is 4.77. The Morgan fingerprint density at radius 2 is 1.35 bits per heavy atom. The minimum absolute atomic E-state index is 0.128. The van der Waals surface area contributed by atoms with Crippen molar-refractivity contribution in [3.8, 4) is 40.3 Å². The third-order valence-corrected chi connectivity index (χ3v) is 3.84. The average Bonchev–Trinajstić information content (AvgIpc) is 2.70. The first-order valence-electron chi connectivity index (χ1n) is 8.31. The molecule has 0 aliphatic carbocycles. The maximum Gasteiger partial charge on any atom is 0.513 e. The van der Waals surface area contributed by atoms with Crippen molar-refractivity contribution in [2.75, 3.05) is 6.61 Å². The number of carbonyl (C=O) groups is 1. The van der Waals surface area contributed by atoms with E-state index in [0.29, 0.717) is 12.2 Å². The highest BCUT2D eigenvalue weighted by Gasteiger charge is 2.17. The van der Waals surface area contributed by atoms with E-state index in [-0.39, 0.29) is 6.61 Å². The highest BCUT2D eigenvalue weighted by Crippen LogP contribution is 2.39. The average molecular weight is 342 g/mol. The third kappa shape index (κ3) is 4.12. The molecule has 0 aliphatic heterocycles. The van der Waals surface area contributed by atoms with Crippen molar-refractivity contribution < 1.29 is 14.3 Å². The minimum atomic E-state index is -0.763. The molecule has 0 unspecified atom stereocenters. The first-order valence-corrected chi connectivity index (χ1v) is 8.31. The summed E-state index contributed by atoms with van der Waals surface area (Å²) in [7, 11) is 0. The second-order valence-corrected chi connectivity index (χ2v) is 5.57. The fourth-order valence-corrected chi connectivity index (χ4v) is 2.64. The quantitative estimate of drug-likeness (QED) is 0.263. The molecule has 0 amide bonds. The van der Waals surface area contributed by atoms with Crippen LogP contribution in [0.5, 0.6) is 5.75 Å². The summed E-state index contributed by atoms with van der Waals surface area (Å²) in [6, 6.07) is 25.3. The van der Waals surface area contributed by atoms with Crippen LogP contribution in [0.25, 0.3) is 22.3 Å². The van der Waals surface area contributed by atoms with Gasteiger partial charge in [0.25, 0.3) is 0 Å². The van der Waals surface area contributed by atoms with Crippen molar-refractivity contribution in [2.24, 2.45) is 0 Å². The van der Waals surface area contributed by atoms with E-state index in [0.717, 1.165) is 22.3 Å². The fourth-order valence-electron chi connectivity index (χ4n) is 2.64. The summed E-state index contributed by atoms with van der Waals surface area (Å²) >= 11 is 0. The lowest BCUT2D eigenvalue weighted by molar-refractivity contribution is 0.102. The molecule has 0 saturated heterocycles. The van der Waals surface area contributed by atoms with Crippen LogP contribution < -0.4 is 4.74 Å². The number of terminal acetylenes is 1. The van der Waals surface area contributed by atoms with Crippen LogP contribution >= 0.6 is 0 Å². The Hall–Kier alpha value is -3.51. The largest absolute Gasteiger partial charge is 0.513 e. The molecule has 26 heavy (non-hydrogen) atoms. The summed E-state index contributed by atoms with van der Waals surface area (Å²) in [5.74, 6) is 2.90. The van der Waals surface area contributed by atoms with Gasteiger partial charge in [0.2, 0.25) is 0 Å². The topological polar surface area (TPSA) is 35.5 Å². The van der Waals surface area contributed by atoms with Gasteiger partial charge in [-0.1, -0.05) is 78.9 Å². The number of hydrogen-bond acceptors (Lipinski definition) is 3. The molecule has 0 heterocycles. The molecule has 0 saturated carbocycles. The first-order chi connectivity index (χ1) is 12.8. The smallest absolute Gasteiger partial charge is 0.433 e. The summed E-state index contributed by atoms with van der Waals surface area (Å²) in [6.45, 7) is 0.128. The van der Waals surface area contributed by atoms with Crippen LogP contribution in [-0.2, 0) is 4.74 Å². The van der Waals surface area contributed by atoms with Gasteiger partial charge in [-0.05, 0) is 11.1 Å². The molecule has 0 radical (unpaired) electrons. The molecule has 0 aliphatic rings. The molecule has 0 N–H and O–H groups in total. The Kier molecular flexibility index (Phi) is 5.69. The first kappa shape index (κ1) is 17.3. The number of hydrogen-bond donors (Lipinski definition) is 0. The predicted molar refractivity (Wildman–Crippen MR) is 103 cm³/mol. The molecule has 3 aromatic carbocycles. The molecule has 0 aromatic heterocycles. The van der Waals surface area contributed by atoms with E-state index < -0.39 is 6.16 Å². The van der Waals surface area contributed by atoms with E-state index in [1.165, 1.54) is 0 Å². The zero-order valence-electron chi connectivity index (χ0n) is 14.2. The monoisotopic (exact) mass is 342 g/mol. The molecule has 3 nitrogen and oxygen atoms in total. The molecule has 0 fully saturated rings. The lowest BCUT2D eigenvalue weighted by Gasteiger charge is -2.15. The van der Waals surface area contributed by atoms with Gasteiger partial charge < -0.3 is 9.47 Å². The Morgan fingerprint density at radius 1 is 0.808 bits per heavy atom. The zero-order chi connectivity index (χ0) is 18.2. The number of benzene rings is 3. The van der Waals surface area contributed by atoms with Gasteiger partial charge in [-0.2, -0.15) is 0 Å². The van der Waals surface area contributed by atoms with Crippen LogP contribution in [0, 0.1) is 12.3 Å². The molecule has 3 heteroatoms. The summed E-state index contributed by atoms with van der Waals surface area (Å²) in [4.78, 5) is 12.1. The van der Waals surface area contributed by atoms with E-state index in [2.05, 4.69) is 5.92 Å². The Morgan fingerprint density at radius 3 is 1.85 bits per heavy atom. The number of rotatable bonds is 5. The molecule has 0 bridgehead atoms. The highest BCUT2D eigenvalue weighted by molar-refractivity contribution is 5.85. The normalized spacial score (nSPS) is 9.96. The lowest BCUT2D eigenvalue weighted by atomic mass is 9.97. The molecule has 0 spiro atoms. The summed E-state index contributed by atoms with van der Waals surface area (Å²) in [5, 5.41) is 0. The maximum absolute atomic E-state index is 12.1. The molecular weight excluding hydrogens is 324 g/mol. The van der Waals surface area contributed by atoms with Gasteiger partial charge in [-0.25, -0.2) is 4.79 Å². The van der Waals surface area contributed by atoms with E-state index in [9.17, 15) is 4.79 Å². The Bertz CT molecular complexity index is 851. The van der Waals surface area contributed by atoms with E-state index >= 15 is 0 Å². The van der Waals surface area contributed by atoms with Gasteiger partial charge in [0, 0.05) is 17.5 Å². The lowest BCUT2D eigenvalue weighted by Crippen LogP contribution is -2.12. The van der Waals surface area contributed by atoms with Crippen LogP contribution in [0.1, 0.15) is 6.42 Å². The predicted octanol–water partition coefficient (Wildman–Crippen LogP) is 5.56. The Balaban J connectivity index is 2.03.